The molecule has 0 amide bonds. The highest BCUT2D eigenvalue weighted by Crippen LogP contribution is 2.38. The Morgan fingerprint density at radius 3 is 2.57 bits per heavy atom. The Bertz CT molecular complexity index is 446. The third kappa shape index (κ3) is 3.69. The fourth-order valence-electron chi connectivity index (χ4n) is 2.95. The predicted octanol–water partition coefficient (Wildman–Crippen LogP) is 3.33. The van der Waals surface area contributed by atoms with Gasteiger partial charge >= 0.3 is 0 Å². The van der Waals surface area contributed by atoms with E-state index < -0.39 is 6.10 Å². The van der Waals surface area contributed by atoms with Crippen molar-refractivity contribution in [3.8, 4) is 11.5 Å². The van der Waals surface area contributed by atoms with Crippen molar-refractivity contribution in [2.24, 2.45) is 5.92 Å². The molecule has 118 valence electrons. The zero-order valence-corrected chi connectivity index (χ0v) is 13.2. The van der Waals surface area contributed by atoms with Crippen molar-refractivity contribution in [3.05, 3.63) is 23.8 Å². The van der Waals surface area contributed by atoms with Crippen molar-refractivity contribution in [3.63, 3.8) is 0 Å². The first kappa shape index (κ1) is 16.1. The Hall–Kier alpha value is -1.26. The van der Waals surface area contributed by atoms with Crippen molar-refractivity contribution in [1.29, 1.82) is 0 Å². The van der Waals surface area contributed by atoms with Gasteiger partial charge in [-0.2, -0.15) is 0 Å². The summed E-state index contributed by atoms with van der Waals surface area (Å²) in [7, 11) is 0. The van der Waals surface area contributed by atoms with Gasteiger partial charge in [0.15, 0.2) is 11.5 Å². The maximum Gasteiger partial charge on any atom is 0.161 e. The second-order valence-electron chi connectivity index (χ2n) is 5.29. The first-order chi connectivity index (χ1) is 10.2. The third-order valence-corrected chi connectivity index (χ3v) is 3.98. The van der Waals surface area contributed by atoms with Crippen LogP contribution >= 0.6 is 0 Å². The van der Waals surface area contributed by atoms with Gasteiger partial charge in [0.25, 0.3) is 0 Å². The van der Waals surface area contributed by atoms with Crippen LogP contribution in [0.25, 0.3) is 0 Å². The molecule has 0 radical (unpaired) electrons. The van der Waals surface area contributed by atoms with Gasteiger partial charge in [0, 0.05) is 12.5 Å². The number of benzene rings is 1. The Labute approximate surface area is 127 Å². The van der Waals surface area contributed by atoms with Gasteiger partial charge in [-0.25, -0.2) is 0 Å². The Morgan fingerprint density at radius 1 is 1.19 bits per heavy atom. The molecule has 21 heavy (non-hydrogen) atoms. The highest BCUT2D eigenvalue weighted by Gasteiger charge is 2.33. The highest BCUT2D eigenvalue weighted by atomic mass is 16.5. The van der Waals surface area contributed by atoms with Gasteiger partial charge in [0.05, 0.1) is 25.4 Å². The molecule has 3 unspecified atom stereocenters. The van der Waals surface area contributed by atoms with Crippen LogP contribution in [0, 0.1) is 5.92 Å². The quantitative estimate of drug-likeness (QED) is 0.838. The molecule has 1 aliphatic rings. The lowest BCUT2D eigenvalue weighted by Gasteiger charge is -2.24. The Kier molecular flexibility index (Phi) is 5.88. The lowest BCUT2D eigenvalue weighted by molar-refractivity contribution is 0.0306. The molecule has 0 spiro atoms. The molecule has 1 heterocycles. The van der Waals surface area contributed by atoms with Gasteiger partial charge in [0.1, 0.15) is 0 Å². The predicted molar refractivity (Wildman–Crippen MR) is 81.9 cm³/mol. The van der Waals surface area contributed by atoms with Gasteiger partial charge in [0.2, 0.25) is 0 Å². The van der Waals surface area contributed by atoms with Crippen LogP contribution in [0.5, 0.6) is 11.5 Å². The van der Waals surface area contributed by atoms with Crippen LogP contribution in [0.4, 0.5) is 0 Å². The second-order valence-corrected chi connectivity index (χ2v) is 5.29. The number of aliphatic hydroxyl groups excluding tert-OH is 1. The second kappa shape index (κ2) is 7.66. The third-order valence-electron chi connectivity index (χ3n) is 3.98. The van der Waals surface area contributed by atoms with Gasteiger partial charge in [-0.1, -0.05) is 13.0 Å². The highest BCUT2D eigenvalue weighted by molar-refractivity contribution is 5.43. The molecular weight excluding hydrogens is 268 g/mol. The summed E-state index contributed by atoms with van der Waals surface area (Å²) in [5.74, 6) is 1.58. The van der Waals surface area contributed by atoms with E-state index in [2.05, 4.69) is 6.92 Å². The number of aliphatic hydroxyl groups is 1. The maximum absolute atomic E-state index is 10.7. The van der Waals surface area contributed by atoms with Crippen LogP contribution in [-0.4, -0.2) is 31.0 Å². The molecule has 1 aromatic rings. The Balaban J connectivity index is 2.20. The summed E-state index contributed by atoms with van der Waals surface area (Å²) in [5.41, 5.74) is 0.871. The van der Waals surface area contributed by atoms with Crippen LogP contribution in [-0.2, 0) is 4.74 Å². The van der Waals surface area contributed by atoms with Gasteiger partial charge < -0.3 is 19.3 Å². The van der Waals surface area contributed by atoms with Crippen molar-refractivity contribution < 1.29 is 19.3 Å². The topological polar surface area (TPSA) is 47.9 Å². The summed E-state index contributed by atoms with van der Waals surface area (Å²) >= 11 is 0. The molecule has 1 aliphatic heterocycles. The summed E-state index contributed by atoms with van der Waals surface area (Å²) in [5, 5.41) is 10.7. The van der Waals surface area contributed by atoms with E-state index in [0.717, 1.165) is 30.8 Å². The smallest absolute Gasteiger partial charge is 0.161 e. The fraction of sp³-hybridized carbons (Fsp3) is 0.647. The van der Waals surface area contributed by atoms with Crippen molar-refractivity contribution in [1.82, 2.24) is 0 Å². The monoisotopic (exact) mass is 294 g/mol. The fourth-order valence-corrected chi connectivity index (χ4v) is 2.95. The summed E-state index contributed by atoms with van der Waals surface area (Å²) in [6.07, 6.45) is 1.45. The van der Waals surface area contributed by atoms with E-state index in [9.17, 15) is 5.11 Å². The zero-order valence-electron chi connectivity index (χ0n) is 13.2. The molecular formula is C17H26O4. The van der Waals surface area contributed by atoms with Gasteiger partial charge in [-0.15, -0.1) is 0 Å². The average molecular weight is 294 g/mol. The molecule has 1 aromatic carbocycles. The first-order valence-electron chi connectivity index (χ1n) is 7.90. The summed E-state index contributed by atoms with van der Waals surface area (Å²) in [6, 6.07) is 5.69. The van der Waals surface area contributed by atoms with Crippen molar-refractivity contribution in [2.45, 2.75) is 45.8 Å². The number of hydrogen-bond donors (Lipinski definition) is 1. The molecule has 0 bridgehead atoms. The number of rotatable bonds is 7. The average Bonchev–Trinajstić information content (AvgIpc) is 2.97. The standard InChI is InChI=1S/C17H26O4/c1-4-14-13(9-10-21-14)17(18)12-7-8-15(19-5-2)16(11-12)20-6-3/h7-8,11,13-14,17-18H,4-6,9-10H2,1-3H3. The van der Waals surface area contributed by atoms with Gasteiger partial charge in [-0.05, 0) is 44.4 Å². The number of hydrogen-bond acceptors (Lipinski definition) is 4. The molecule has 4 heteroatoms. The lowest BCUT2D eigenvalue weighted by Crippen LogP contribution is -2.22. The van der Waals surface area contributed by atoms with Crippen LogP contribution in [0.1, 0.15) is 45.3 Å². The molecule has 1 N–H and O–H groups in total. The molecule has 4 nitrogen and oxygen atoms in total. The normalized spacial score (nSPS) is 23.0. The maximum atomic E-state index is 10.7. The van der Waals surface area contributed by atoms with Crippen LogP contribution < -0.4 is 9.47 Å². The molecule has 2 rings (SSSR count). The van der Waals surface area contributed by atoms with Crippen LogP contribution in [0.15, 0.2) is 18.2 Å². The van der Waals surface area contributed by atoms with E-state index in [-0.39, 0.29) is 12.0 Å². The van der Waals surface area contributed by atoms with E-state index in [4.69, 9.17) is 14.2 Å². The van der Waals surface area contributed by atoms with Gasteiger partial charge in [-0.3, -0.25) is 0 Å². The van der Waals surface area contributed by atoms with Crippen LogP contribution in [0.3, 0.4) is 0 Å². The van der Waals surface area contributed by atoms with E-state index >= 15 is 0 Å². The number of ether oxygens (including phenoxy) is 3. The minimum absolute atomic E-state index is 0.141. The molecule has 0 saturated carbocycles. The Morgan fingerprint density at radius 2 is 1.90 bits per heavy atom. The van der Waals surface area contributed by atoms with E-state index in [1.165, 1.54) is 0 Å². The molecule has 0 aliphatic carbocycles. The minimum Gasteiger partial charge on any atom is -0.490 e. The zero-order chi connectivity index (χ0) is 15.2. The SMILES string of the molecule is CCOc1ccc(C(O)C2CCOC2CC)cc1OCC. The minimum atomic E-state index is -0.521. The molecule has 3 atom stereocenters. The molecule has 0 aromatic heterocycles. The largest absolute Gasteiger partial charge is 0.490 e. The van der Waals surface area contributed by atoms with E-state index in [1.54, 1.807) is 0 Å². The lowest BCUT2D eigenvalue weighted by atomic mass is 9.89. The first-order valence-corrected chi connectivity index (χ1v) is 7.90. The summed E-state index contributed by atoms with van der Waals surface area (Å²) in [4.78, 5) is 0. The molecule has 1 saturated heterocycles. The van der Waals surface area contributed by atoms with E-state index in [0.29, 0.717) is 19.0 Å². The van der Waals surface area contributed by atoms with E-state index in [1.807, 2.05) is 32.0 Å². The van der Waals surface area contributed by atoms with Crippen LogP contribution in [0.2, 0.25) is 0 Å². The summed E-state index contributed by atoms with van der Waals surface area (Å²) in [6.45, 7) is 7.88. The van der Waals surface area contributed by atoms with Crippen molar-refractivity contribution >= 4 is 0 Å². The molecule has 1 fully saturated rings. The van der Waals surface area contributed by atoms with Crippen molar-refractivity contribution in [2.75, 3.05) is 19.8 Å². The summed E-state index contributed by atoms with van der Waals surface area (Å²) < 4.78 is 16.9.